The molecule has 1 saturated carbocycles. The van der Waals surface area contributed by atoms with E-state index in [1.165, 1.54) is 0 Å². The van der Waals surface area contributed by atoms with Gasteiger partial charge < -0.3 is 10.2 Å². The number of nitrogens with one attached hydrogen (secondary N) is 1. The maximum atomic E-state index is 9.44. The fraction of sp³-hybridized carbons (Fsp3) is 0.500. The molecule has 1 aromatic rings. The number of benzene rings is 1. The minimum Gasteiger partial charge on any atom is -0.372 e. The van der Waals surface area contributed by atoms with Gasteiger partial charge in [-0.25, -0.2) is 0 Å². The number of para-hydroxylation sites is 1. The Hall–Kier alpha value is -1.53. The van der Waals surface area contributed by atoms with E-state index < -0.39 is 5.54 Å². The first kappa shape index (κ1) is 11.9. The van der Waals surface area contributed by atoms with Gasteiger partial charge >= 0.3 is 0 Å². The van der Waals surface area contributed by atoms with Crippen molar-refractivity contribution in [1.29, 1.82) is 5.26 Å². The predicted molar refractivity (Wildman–Crippen MR) is 69.8 cm³/mol. The van der Waals surface area contributed by atoms with Crippen LogP contribution in [0, 0.1) is 17.2 Å². The molecule has 0 amide bonds. The third-order valence-corrected chi connectivity index (χ3v) is 3.60. The summed E-state index contributed by atoms with van der Waals surface area (Å²) in [5.41, 5.74) is 0.757. The van der Waals surface area contributed by atoms with Crippen LogP contribution in [0.3, 0.4) is 0 Å². The summed E-state index contributed by atoms with van der Waals surface area (Å²) < 4.78 is 0. The fourth-order valence-corrected chi connectivity index (χ4v) is 2.32. The summed E-state index contributed by atoms with van der Waals surface area (Å²) in [4.78, 5) is 2.15. The van der Waals surface area contributed by atoms with E-state index in [1.807, 2.05) is 32.3 Å². The number of likely N-dealkylation sites (N-methyl/N-ethyl adjacent to an activating group) is 2. The third-order valence-electron chi connectivity index (χ3n) is 3.60. The van der Waals surface area contributed by atoms with Crippen LogP contribution >= 0.6 is 0 Å². The van der Waals surface area contributed by atoms with Crippen molar-refractivity contribution in [1.82, 2.24) is 5.32 Å². The van der Waals surface area contributed by atoms with Crippen LogP contribution in [0.4, 0.5) is 5.69 Å². The van der Waals surface area contributed by atoms with Crippen molar-refractivity contribution in [2.45, 2.75) is 18.4 Å². The minimum absolute atomic E-state index is 0.398. The fourth-order valence-electron chi connectivity index (χ4n) is 2.32. The molecule has 2 rings (SSSR count). The predicted octanol–water partition coefficient (Wildman–Crippen LogP) is 2.01. The minimum atomic E-state index is -0.398. The van der Waals surface area contributed by atoms with Gasteiger partial charge in [-0.3, -0.25) is 0 Å². The summed E-state index contributed by atoms with van der Waals surface area (Å²) in [6, 6.07) is 12.7. The second-order valence-electron chi connectivity index (χ2n) is 4.80. The molecule has 0 heterocycles. The van der Waals surface area contributed by atoms with Crippen molar-refractivity contribution < 1.29 is 0 Å². The first-order valence-electron chi connectivity index (χ1n) is 6.08. The number of anilines is 1. The number of nitrogens with zero attached hydrogens (tertiary/aromatic N) is 2. The molecule has 0 radical (unpaired) electrons. The lowest BCUT2D eigenvalue weighted by Gasteiger charge is -2.32. The zero-order valence-corrected chi connectivity index (χ0v) is 10.5. The lowest BCUT2D eigenvalue weighted by atomic mass is 9.94. The van der Waals surface area contributed by atoms with Gasteiger partial charge in [0.05, 0.1) is 6.07 Å². The second kappa shape index (κ2) is 4.77. The molecule has 1 N–H and O–H groups in total. The Morgan fingerprint density at radius 3 is 2.53 bits per heavy atom. The molecular formula is C14H19N3. The Morgan fingerprint density at radius 2 is 2.06 bits per heavy atom. The van der Waals surface area contributed by atoms with E-state index in [-0.39, 0.29) is 0 Å². The van der Waals surface area contributed by atoms with Crippen LogP contribution in [0.15, 0.2) is 30.3 Å². The molecule has 3 nitrogen and oxygen atoms in total. The van der Waals surface area contributed by atoms with Gasteiger partial charge in [-0.15, -0.1) is 0 Å². The van der Waals surface area contributed by atoms with Gasteiger partial charge in [0.25, 0.3) is 0 Å². The van der Waals surface area contributed by atoms with Gasteiger partial charge in [-0.1, -0.05) is 18.2 Å². The molecule has 1 aliphatic carbocycles. The van der Waals surface area contributed by atoms with Crippen LogP contribution in [-0.4, -0.2) is 26.2 Å². The number of rotatable bonds is 5. The first-order valence-corrected chi connectivity index (χ1v) is 6.08. The van der Waals surface area contributed by atoms with Gasteiger partial charge in [0.1, 0.15) is 5.54 Å². The molecule has 0 saturated heterocycles. The molecule has 17 heavy (non-hydrogen) atoms. The number of nitriles is 1. The highest BCUT2D eigenvalue weighted by atomic mass is 15.2. The van der Waals surface area contributed by atoms with E-state index in [0.717, 1.165) is 25.1 Å². The molecule has 3 heteroatoms. The average molecular weight is 229 g/mol. The van der Waals surface area contributed by atoms with Gasteiger partial charge in [0.2, 0.25) is 0 Å². The molecule has 0 aliphatic heterocycles. The molecule has 1 fully saturated rings. The Bertz CT molecular complexity index is 405. The van der Waals surface area contributed by atoms with Crippen molar-refractivity contribution in [3.05, 3.63) is 30.3 Å². The van der Waals surface area contributed by atoms with Gasteiger partial charge in [-0.05, 0) is 37.9 Å². The summed E-state index contributed by atoms with van der Waals surface area (Å²) >= 11 is 0. The van der Waals surface area contributed by atoms with Crippen LogP contribution in [0.2, 0.25) is 0 Å². The summed E-state index contributed by atoms with van der Waals surface area (Å²) in [5, 5.41) is 12.7. The monoisotopic (exact) mass is 229 g/mol. The Morgan fingerprint density at radius 1 is 1.41 bits per heavy atom. The van der Waals surface area contributed by atoms with Crippen LogP contribution in [0.25, 0.3) is 0 Å². The van der Waals surface area contributed by atoms with E-state index in [2.05, 4.69) is 28.4 Å². The van der Waals surface area contributed by atoms with E-state index in [9.17, 15) is 5.26 Å². The van der Waals surface area contributed by atoms with Crippen molar-refractivity contribution in [2.75, 3.05) is 25.5 Å². The summed E-state index contributed by atoms with van der Waals surface area (Å²) in [6.07, 6.45) is 2.33. The van der Waals surface area contributed by atoms with Gasteiger partial charge in [0, 0.05) is 19.3 Å². The van der Waals surface area contributed by atoms with Crippen LogP contribution in [0.5, 0.6) is 0 Å². The first-order chi connectivity index (χ1) is 8.22. The molecular weight excluding hydrogens is 210 g/mol. The maximum absolute atomic E-state index is 9.44. The van der Waals surface area contributed by atoms with Crippen LogP contribution in [-0.2, 0) is 0 Å². The number of hydrogen-bond donors (Lipinski definition) is 1. The zero-order chi connectivity index (χ0) is 12.3. The highest BCUT2D eigenvalue weighted by molar-refractivity contribution is 5.46. The molecule has 1 atom stereocenters. The average Bonchev–Trinajstić information content (AvgIpc) is 3.21. The Kier molecular flexibility index (Phi) is 3.35. The summed E-state index contributed by atoms with van der Waals surface area (Å²) in [7, 11) is 3.93. The lowest BCUT2D eigenvalue weighted by molar-refractivity contribution is 0.398. The highest BCUT2D eigenvalue weighted by Gasteiger charge is 2.45. The number of hydrogen-bond acceptors (Lipinski definition) is 3. The molecule has 0 spiro atoms. The van der Waals surface area contributed by atoms with E-state index in [1.54, 1.807) is 0 Å². The lowest BCUT2D eigenvalue weighted by Crippen LogP contribution is -2.52. The van der Waals surface area contributed by atoms with E-state index in [0.29, 0.717) is 5.92 Å². The standard InChI is InChI=1S/C14H19N3/c1-16-14(10-15,12-8-9-12)11-17(2)13-6-4-3-5-7-13/h3-7,12,16H,8-9,11H2,1-2H3. The van der Waals surface area contributed by atoms with Crippen molar-refractivity contribution in [3.8, 4) is 6.07 Å². The quantitative estimate of drug-likeness (QED) is 0.839. The normalized spacial score (nSPS) is 18.2. The molecule has 0 aromatic heterocycles. The van der Waals surface area contributed by atoms with Crippen molar-refractivity contribution in [3.63, 3.8) is 0 Å². The highest BCUT2D eigenvalue weighted by Crippen LogP contribution is 2.40. The van der Waals surface area contributed by atoms with Gasteiger partial charge in [0.15, 0.2) is 0 Å². The Balaban J connectivity index is 2.11. The van der Waals surface area contributed by atoms with Crippen molar-refractivity contribution >= 4 is 5.69 Å². The molecule has 90 valence electrons. The second-order valence-corrected chi connectivity index (χ2v) is 4.80. The zero-order valence-electron chi connectivity index (χ0n) is 10.5. The van der Waals surface area contributed by atoms with E-state index in [4.69, 9.17) is 0 Å². The Labute approximate surface area is 103 Å². The topological polar surface area (TPSA) is 39.1 Å². The smallest absolute Gasteiger partial charge is 0.126 e. The SMILES string of the molecule is CNC(C#N)(CN(C)c1ccccc1)C1CC1. The molecule has 0 bridgehead atoms. The van der Waals surface area contributed by atoms with Crippen LogP contribution in [0.1, 0.15) is 12.8 Å². The molecule has 1 aromatic carbocycles. The molecule has 1 aliphatic rings. The summed E-state index contributed by atoms with van der Waals surface area (Å²) in [6.45, 7) is 0.731. The third kappa shape index (κ3) is 2.42. The largest absolute Gasteiger partial charge is 0.372 e. The van der Waals surface area contributed by atoms with Crippen LogP contribution < -0.4 is 10.2 Å². The summed E-state index contributed by atoms with van der Waals surface area (Å²) in [5.74, 6) is 0.503. The van der Waals surface area contributed by atoms with Crippen molar-refractivity contribution in [2.24, 2.45) is 5.92 Å². The molecule has 1 unspecified atom stereocenters. The van der Waals surface area contributed by atoms with Gasteiger partial charge in [-0.2, -0.15) is 5.26 Å². The maximum Gasteiger partial charge on any atom is 0.126 e. The van der Waals surface area contributed by atoms with E-state index >= 15 is 0 Å².